The number of carbonyl (C=O) groups is 1. The number of hydrogen-bond acceptors (Lipinski definition) is 4. The smallest absolute Gasteiger partial charge is 0.340 e. The first-order valence-corrected chi connectivity index (χ1v) is 5.99. The van der Waals surface area contributed by atoms with E-state index in [1.807, 2.05) is 6.92 Å². The van der Waals surface area contributed by atoms with Crippen molar-refractivity contribution in [2.45, 2.75) is 25.5 Å². The van der Waals surface area contributed by atoms with E-state index in [9.17, 15) is 13.6 Å². The quantitative estimate of drug-likeness (QED) is 0.857. The summed E-state index contributed by atoms with van der Waals surface area (Å²) in [6, 6.07) is 2.46. The number of esters is 1. The van der Waals surface area contributed by atoms with Crippen LogP contribution in [0.3, 0.4) is 0 Å². The Morgan fingerprint density at radius 2 is 2.16 bits per heavy atom. The zero-order valence-corrected chi connectivity index (χ0v) is 10.7. The summed E-state index contributed by atoms with van der Waals surface area (Å²) >= 11 is 0. The second kappa shape index (κ2) is 5.52. The van der Waals surface area contributed by atoms with E-state index >= 15 is 0 Å². The lowest BCUT2D eigenvalue weighted by Gasteiger charge is -2.18. The second-order valence-corrected chi connectivity index (χ2v) is 4.40. The fourth-order valence-corrected chi connectivity index (χ4v) is 2.05. The van der Waals surface area contributed by atoms with Crippen molar-refractivity contribution in [3.05, 3.63) is 29.3 Å². The molecule has 19 heavy (non-hydrogen) atoms. The lowest BCUT2D eigenvalue weighted by Crippen LogP contribution is -2.27. The van der Waals surface area contributed by atoms with Crippen LogP contribution in [0, 0.1) is 11.6 Å². The topological polar surface area (TPSA) is 47.6 Å². The molecular weight excluding hydrogens is 256 g/mol. The van der Waals surface area contributed by atoms with Gasteiger partial charge in [-0.1, -0.05) is 0 Å². The minimum atomic E-state index is -1.21. The maximum atomic E-state index is 13.9. The highest BCUT2D eigenvalue weighted by atomic mass is 19.2. The van der Waals surface area contributed by atoms with Crippen molar-refractivity contribution in [3.8, 4) is 0 Å². The van der Waals surface area contributed by atoms with Crippen molar-refractivity contribution >= 4 is 11.7 Å². The van der Waals surface area contributed by atoms with Crippen molar-refractivity contribution < 1.29 is 23.0 Å². The normalized spacial score (nSPS) is 22.3. The van der Waals surface area contributed by atoms with Gasteiger partial charge in [-0.3, -0.25) is 0 Å². The molecule has 1 fully saturated rings. The Morgan fingerprint density at radius 1 is 1.42 bits per heavy atom. The summed E-state index contributed by atoms with van der Waals surface area (Å²) in [7, 11) is 1.11. The molecule has 1 heterocycles. The van der Waals surface area contributed by atoms with E-state index < -0.39 is 23.2 Å². The minimum absolute atomic E-state index is 0.0208. The molecule has 2 unspecified atom stereocenters. The first kappa shape index (κ1) is 13.7. The van der Waals surface area contributed by atoms with Crippen LogP contribution in [0.25, 0.3) is 0 Å². The van der Waals surface area contributed by atoms with E-state index in [0.717, 1.165) is 13.5 Å². The van der Waals surface area contributed by atoms with Crippen LogP contribution in [0.1, 0.15) is 23.7 Å². The van der Waals surface area contributed by atoms with Gasteiger partial charge in [0.15, 0.2) is 11.6 Å². The maximum absolute atomic E-state index is 13.9. The Balaban J connectivity index is 2.23. The van der Waals surface area contributed by atoms with Gasteiger partial charge in [0.05, 0.1) is 30.5 Å². The Labute approximate surface area is 109 Å². The third kappa shape index (κ3) is 2.68. The van der Waals surface area contributed by atoms with Crippen LogP contribution in [-0.4, -0.2) is 31.8 Å². The highest BCUT2D eigenvalue weighted by Gasteiger charge is 2.26. The van der Waals surface area contributed by atoms with Crippen LogP contribution in [0.5, 0.6) is 0 Å². The second-order valence-electron chi connectivity index (χ2n) is 4.40. The molecule has 0 saturated carbocycles. The summed E-state index contributed by atoms with van der Waals surface area (Å²) in [6.07, 6.45) is 0.656. The molecular formula is C13H15F2NO3. The average Bonchev–Trinajstić information content (AvgIpc) is 2.80. The molecule has 0 spiro atoms. The van der Waals surface area contributed by atoms with E-state index in [0.29, 0.717) is 6.61 Å². The summed E-state index contributed by atoms with van der Waals surface area (Å²) in [5.74, 6) is -3.19. The van der Waals surface area contributed by atoms with Gasteiger partial charge in [-0.25, -0.2) is 13.6 Å². The van der Waals surface area contributed by atoms with Gasteiger partial charge in [0.25, 0.3) is 0 Å². The number of nitrogens with one attached hydrogen (secondary N) is 1. The summed E-state index contributed by atoms with van der Waals surface area (Å²) in [5, 5.41) is 2.89. The maximum Gasteiger partial charge on any atom is 0.340 e. The fraction of sp³-hybridized carbons (Fsp3) is 0.462. The Hall–Kier alpha value is -1.69. The summed E-state index contributed by atoms with van der Waals surface area (Å²) in [4.78, 5) is 11.2. The number of anilines is 1. The molecule has 0 aromatic heterocycles. The van der Waals surface area contributed by atoms with Crippen molar-refractivity contribution in [1.29, 1.82) is 0 Å². The van der Waals surface area contributed by atoms with Crippen LogP contribution in [0.15, 0.2) is 12.1 Å². The lowest BCUT2D eigenvalue weighted by molar-refractivity contribution is 0.0594. The molecule has 1 aromatic carbocycles. The van der Waals surface area contributed by atoms with E-state index in [-0.39, 0.29) is 17.8 Å². The lowest BCUT2D eigenvalue weighted by atomic mass is 10.1. The molecule has 1 saturated heterocycles. The van der Waals surface area contributed by atoms with Gasteiger partial charge in [-0.05, 0) is 25.5 Å². The summed E-state index contributed by atoms with van der Waals surface area (Å²) < 4.78 is 37.3. The molecule has 4 nitrogen and oxygen atoms in total. The Morgan fingerprint density at radius 3 is 2.74 bits per heavy atom. The van der Waals surface area contributed by atoms with Crippen molar-refractivity contribution in [2.24, 2.45) is 0 Å². The van der Waals surface area contributed by atoms with Crippen LogP contribution < -0.4 is 5.32 Å². The van der Waals surface area contributed by atoms with Crippen LogP contribution in [-0.2, 0) is 9.47 Å². The third-order valence-corrected chi connectivity index (χ3v) is 3.20. The molecule has 0 bridgehead atoms. The van der Waals surface area contributed by atoms with Gasteiger partial charge in [0.1, 0.15) is 0 Å². The standard InChI is InChI=1S/C13H15F2NO3/c1-7-9(5-6-19-7)16-10-4-3-8(13(17)18-2)11(14)12(10)15/h3-4,7,9,16H,5-6H2,1-2H3. The van der Waals surface area contributed by atoms with Gasteiger partial charge in [0, 0.05) is 6.61 Å². The minimum Gasteiger partial charge on any atom is -0.465 e. The molecule has 1 aromatic rings. The number of rotatable bonds is 3. The molecule has 0 radical (unpaired) electrons. The predicted octanol–water partition coefficient (Wildman–Crippen LogP) is 2.34. The van der Waals surface area contributed by atoms with E-state index in [4.69, 9.17) is 4.74 Å². The van der Waals surface area contributed by atoms with Crippen LogP contribution >= 0.6 is 0 Å². The number of benzene rings is 1. The zero-order valence-electron chi connectivity index (χ0n) is 10.7. The highest BCUT2D eigenvalue weighted by Crippen LogP contribution is 2.25. The number of halogens is 2. The van der Waals surface area contributed by atoms with E-state index in [1.54, 1.807) is 0 Å². The van der Waals surface area contributed by atoms with Gasteiger partial charge >= 0.3 is 5.97 Å². The fourth-order valence-electron chi connectivity index (χ4n) is 2.05. The molecule has 2 rings (SSSR count). The number of hydrogen-bond donors (Lipinski definition) is 1. The summed E-state index contributed by atoms with van der Waals surface area (Å²) in [5.41, 5.74) is -0.395. The van der Waals surface area contributed by atoms with Gasteiger partial charge in [-0.2, -0.15) is 0 Å². The first-order valence-electron chi connectivity index (χ1n) is 5.99. The molecule has 1 aliphatic rings. The molecule has 104 valence electrons. The number of carbonyl (C=O) groups excluding carboxylic acids is 1. The summed E-state index contributed by atoms with van der Waals surface area (Å²) in [6.45, 7) is 2.45. The van der Waals surface area contributed by atoms with Crippen LogP contribution in [0.2, 0.25) is 0 Å². The SMILES string of the molecule is COC(=O)c1ccc(NC2CCOC2C)c(F)c1F. The monoisotopic (exact) mass is 271 g/mol. The van der Waals surface area contributed by atoms with Crippen molar-refractivity contribution in [2.75, 3.05) is 19.0 Å². The van der Waals surface area contributed by atoms with Gasteiger partial charge < -0.3 is 14.8 Å². The molecule has 1 aliphatic heterocycles. The Kier molecular flexibility index (Phi) is 3.99. The highest BCUT2D eigenvalue weighted by molar-refractivity contribution is 5.90. The largest absolute Gasteiger partial charge is 0.465 e. The van der Waals surface area contributed by atoms with E-state index in [2.05, 4.69) is 10.1 Å². The Bertz CT molecular complexity index is 493. The molecule has 6 heteroatoms. The molecule has 2 atom stereocenters. The third-order valence-electron chi connectivity index (χ3n) is 3.20. The molecule has 0 amide bonds. The number of ether oxygens (including phenoxy) is 2. The van der Waals surface area contributed by atoms with Gasteiger partial charge in [-0.15, -0.1) is 0 Å². The average molecular weight is 271 g/mol. The molecule has 1 N–H and O–H groups in total. The van der Waals surface area contributed by atoms with Crippen LogP contribution in [0.4, 0.5) is 14.5 Å². The van der Waals surface area contributed by atoms with Crippen molar-refractivity contribution in [3.63, 3.8) is 0 Å². The number of methoxy groups -OCH3 is 1. The zero-order chi connectivity index (χ0) is 14.0. The first-order chi connectivity index (χ1) is 9.04. The molecule has 0 aliphatic carbocycles. The predicted molar refractivity (Wildman–Crippen MR) is 65.1 cm³/mol. The van der Waals surface area contributed by atoms with Gasteiger partial charge in [0.2, 0.25) is 0 Å². The van der Waals surface area contributed by atoms with Crippen molar-refractivity contribution in [1.82, 2.24) is 0 Å². The van der Waals surface area contributed by atoms with E-state index in [1.165, 1.54) is 12.1 Å².